The fourth-order valence-electron chi connectivity index (χ4n) is 1.34. The molecule has 2 atom stereocenters. The van der Waals surface area contributed by atoms with Gasteiger partial charge in [-0.2, -0.15) is 0 Å². The molecule has 0 aromatic heterocycles. The fraction of sp³-hybridized carbons (Fsp3) is 0.857. The highest BCUT2D eigenvalue weighted by Crippen LogP contribution is 2.23. The van der Waals surface area contributed by atoms with Gasteiger partial charge in [0.1, 0.15) is 0 Å². The minimum atomic E-state index is -0.387. The van der Waals surface area contributed by atoms with E-state index >= 15 is 0 Å². The number of rotatable bonds is 2. The van der Waals surface area contributed by atoms with E-state index in [2.05, 4.69) is 17.9 Å². The van der Waals surface area contributed by atoms with E-state index in [0.717, 1.165) is 19.5 Å². The van der Waals surface area contributed by atoms with Gasteiger partial charge >= 0.3 is 0 Å². The standard InChI is InChI=1S/C7H14N2S2/c1-7(8,6(10)11)5-2-3-9-4-5/h5,9H,2-4,8H2,1H3,(H,10,11). The van der Waals surface area contributed by atoms with Crippen molar-refractivity contribution in [2.75, 3.05) is 13.1 Å². The van der Waals surface area contributed by atoms with Crippen LogP contribution in [0.25, 0.3) is 0 Å². The minimum absolute atomic E-state index is 0.387. The van der Waals surface area contributed by atoms with Gasteiger partial charge in [0.05, 0.1) is 9.74 Å². The van der Waals surface area contributed by atoms with E-state index in [9.17, 15) is 0 Å². The van der Waals surface area contributed by atoms with Crippen LogP contribution in [-0.2, 0) is 0 Å². The minimum Gasteiger partial charge on any atom is -0.320 e. The van der Waals surface area contributed by atoms with Gasteiger partial charge in [-0.1, -0.05) is 12.2 Å². The Bertz CT molecular complexity index is 162. The normalized spacial score (nSPS) is 29.9. The van der Waals surface area contributed by atoms with Gasteiger partial charge in [0, 0.05) is 6.54 Å². The number of nitrogens with one attached hydrogen (secondary N) is 1. The SMILES string of the molecule is CC(N)(C(=S)S)C1CCNC1. The number of hydrogen-bond acceptors (Lipinski definition) is 3. The van der Waals surface area contributed by atoms with Crippen molar-refractivity contribution in [3.05, 3.63) is 0 Å². The molecule has 0 aromatic rings. The summed E-state index contributed by atoms with van der Waals surface area (Å²) in [6, 6.07) is 0. The van der Waals surface area contributed by atoms with E-state index in [-0.39, 0.29) is 5.54 Å². The third kappa shape index (κ3) is 1.93. The Morgan fingerprint density at radius 1 is 1.82 bits per heavy atom. The van der Waals surface area contributed by atoms with Crippen molar-refractivity contribution in [1.29, 1.82) is 0 Å². The molecule has 0 radical (unpaired) electrons. The van der Waals surface area contributed by atoms with Crippen LogP contribution in [0.5, 0.6) is 0 Å². The first kappa shape index (κ1) is 9.45. The highest BCUT2D eigenvalue weighted by atomic mass is 32.1. The van der Waals surface area contributed by atoms with Crippen LogP contribution in [0, 0.1) is 5.92 Å². The molecule has 64 valence electrons. The zero-order chi connectivity index (χ0) is 8.48. The van der Waals surface area contributed by atoms with Gasteiger partial charge in [0.2, 0.25) is 0 Å². The molecule has 2 unspecified atom stereocenters. The average molecular weight is 190 g/mol. The molecule has 1 saturated heterocycles. The van der Waals surface area contributed by atoms with Crippen LogP contribution in [0.1, 0.15) is 13.3 Å². The van der Waals surface area contributed by atoms with Crippen LogP contribution < -0.4 is 11.1 Å². The Morgan fingerprint density at radius 3 is 2.82 bits per heavy atom. The lowest BCUT2D eigenvalue weighted by Gasteiger charge is -2.29. The van der Waals surface area contributed by atoms with Crippen molar-refractivity contribution in [3.8, 4) is 0 Å². The molecular weight excluding hydrogens is 176 g/mol. The van der Waals surface area contributed by atoms with Gasteiger partial charge in [-0.05, 0) is 25.8 Å². The maximum atomic E-state index is 6.01. The topological polar surface area (TPSA) is 38.0 Å². The summed E-state index contributed by atoms with van der Waals surface area (Å²) in [5.41, 5.74) is 5.62. The summed E-state index contributed by atoms with van der Waals surface area (Å²) in [6.07, 6.45) is 1.10. The zero-order valence-corrected chi connectivity index (χ0v) is 8.34. The molecule has 1 aliphatic rings. The first-order valence-corrected chi connectivity index (χ1v) is 4.63. The summed E-state index contributed by atoms with van der Waals surface area (Å²) >= 11 is 9.11. The highest BCUT2D eigenvalue weighted by molar-refractivity contribution is 8.11. The molecule has 0 spiro atoms. The molecule has 1 aliphatic heterocycles. The fourth-order valence-corrected chi connectivity index (χ4v) is 1.69. The van der Waals surface area contributed by atoms with Crippen molar-refractivity contribution < 1.29 is 0 Å². The Balaban J connectivity index is 2.62. The molecular formula is C7H14N2S2. The molecule has 0 saturated carbocycles. The lowest BCUT2D eigenvalue weighted by molar-refractivity contribution is 0.421. The number of hydrogen-bond donors (Lipinski definition) is 3. The molecule has 0 bridgehead atoms. The predicted octanol–water partition coefficient (Wildman–Crippen LogP) is 0.571. The van der Waals surface area contributed by atoms with Gasteiger partial charge in [-0.25, -0.2) is 0 Å². The first-order valence-electron chi connectivity index (χ1n) is 3.78. The summed E-state index contributed by atoms with van der Waals surface area (Å²) in [5.74, 6) is 0.451. The Hall–Kier alpha value is 0.360. The third-order valence-corrected chi connectivity index (χ3v) is 3.29. The largest absolute Gasteiger partial charge is 0.320 e. The lowest BCUT2D eigenvalue weighted by Crippen LogP contribution is -2.49. The van der Waals surface area contributed by atoms with Crippen LogP contribution in [-0.4, -0.2) is 22.8 Å². The number of nitrogens with two attached hydrogens (primary N) is 1. The quantitative estimate of drug-likeness (QED) is 0.440. The van der Waals surface area contributed by atoms with Crippen LogP contribution in [0.4, 0.5) is 0 Å². The van der Waals surface area contributed by atoms with Crippen LogP contribution in [0.2, 0.25) is 0 Å². The summed E-state index contributed by atoms with van der Waals surface area (Å²) in [7, 11) is 0. The van der Waals surface area contributed by atoms with Crippen molar-refractivity contribution in [3.63, 3.8) is 0 Å². The first-order chi connectivity index (χ1) is 5.05. The van der Waals surface area contributed by atoms with Crippen LogP contribution in [0.3, 0.4) is 0 Å². The van der Waals surface area contributed by atoms with Crippen molar-refractivity contribution >= 4 is 29.0 Å². The van der Waals surface area contributed by atoms with E-state index in [4.69, 9.17) is 18.0 Å². The van der Waals surface area contributed by atoms with Gasteiger partial charge < -0.3 is 11.1 Å². The highest BCUT2D eigenvalue weighted by Gasteiger charge is 2.34. The Labute approximate surface area is 78.3 Å². The third-order valence-electron chi connectivity index (χ3n) is 2.37. The summed E-state index contributed by atoms with van der Waals surface area (Å²) in [4.78, 5) is 0. The molecule has 1 rings (SSSR count). The Kier molecular flexibility index (Phi) is 2.91. The van der Waals surface area contributed by atoms with Crippen LogP contribution in [0.15, 0.2) is 0 Å². The molecule has 4 heteroatoms. The van der Waals surface area contributed by atoms with Crippen molar-refractivity contribution in [2.24, 2.45) is 11.7 Å². The maximum Gasteiger partial charge on any atom is 0.0648 e. The Morgan fingerprint density at radius 2 is 2.45 bits per heavy atom. The van der Waals surface area contributed by atoms with E-state index in [1.807, 2.05) is 6.92 Å². The summed E-state index contributed by atoms with van der Waals surface area (Å²) in [5, 5.41) is 3.26. The average Bonchev–Trinajstić information content (AvgIpc) is 2.37. The smallest absolute Gasteiger partial charge is 0.0648 e. The lowest BCUT2D eigenvalue weighted by atomic mass is 9.87. The molecule has 1 fully saturated rings. The molecule has 11 heavy (non-hydrogen) atoms. The number of thiol groups is 1. The number of thiocarbonyl (C=S) groups is 1. The van der Waals surface area contributed by atoms with Gasteiger partial charge in [0.15, 0.2) is 0 Å². The van der Waals surface area contributed by atoms with Gasteiger partial charge in [-0.3, -0.25) is 0 Å². The second kappa shape index (κ2) is 3.39. The van der Waals surface area contributed by atoms with Crippen LogP contribution >= 0.6 is 24.8 Å². The molecule has 3 N–H and O–H groups in total. The molecule has 0 aliphatic carbocycles. The van der Waals surface area contributed by atoms with E-state index in [1.165, 1.54) is 0 Å². The second-order valence-corrected chi connectivity index (χ2v) is 4.44. The van der Waals surface area contributed by atoms with Crippen molar-refractivity contribution in [1.82, 2.24) is 5.32 Å². The maximum absolute atomic E-state index is 6.01. The molecule has 0 amide bonds. The molecule has 2 nitrogen and oxygen atoms in total. The van der Waals surface area contributed by atoms with Gasteiger partial charge in [0.25, 0.3) is 0 Å². The second-order valence-electron chi connectivity index (χ2n) is 3.28. The van der Waals surface area contributed by atoms with E-state index in [1.54, 1.807) is 0 Å². The zero-order valence-electron chi connectivity index (χ0n) is 6.63. The molecule has 0 aromatic carbocycles. The summed E-state index contributed by atoms with van der Waals surface area (Å²) in [6.45, 7) is 3.97. The summed E-state index contributed by atoms with van der Waals surface area (Å²) < 4.78 is 0.617. The monoisotopic (exact) mass is 190 g/mol. The van der Waals surface area contributed by atoms with E-state index in [0.29, 0.717) is 10.1 Å². The van der Waals surface area contributed by atoms with Crippen molar-refractivity contribution in [2.45, 2.75) is 18.9 Å². The van der Waals surface area contributed by atoms with E-state index < -0.39 is 0 Å². The predicted molar refractivity (Wildman–Crippen MR) is 55.2 cm³/mol. The van der Waals surface area contributed by atoms with Gasteiger partial charge in [-0.15, -0.1) is 12.6 Å². The molecule has 1 heterocycles.